The van der Waals surface area contributed by atoms with Gasteiger partial charge in [-0.3, -0.25) is 0 Å². The van der Waals surface area contributed by atoms with Crippen LogP contribution in [-0.2, 0) is 12.3 Å². The Balaban J connectivity index is 1.49. The number of rotatable bonds is 6. The Morgan fingerprint density at radius 2 is 2.22 bits per heavy atom. The summed E-state index contributed by atoms with van der Waals surface area (Å²) in [6, 6.07) is 4.77. The fraction of sp³-hybridized carbons (Fsp3) is 0.462. The summed E-state index contributed by atoms with van der Waals surface area (Å²) in [4.78, 5) is 4.24. The van der Waals surface area contributed by atoms with Crippen LogP contribution in [0.1, 0.15) is 30.1 Å². The van der Waals surface area contributed by atoms with Gasteiger partial charge in [-0.05, 0) is 31.9 Å². The maximum absolute atomic E-state index is 5.74. The Bertz CT molecular complexity index is 517. The minimum Gasteiger partial charge on any atom is -0.464 e. The van der Waals surface area contributed by atoms with Crippen LogP contribution in [-0.4, -0.2) is 11.0 Å². The highest BCUT2D eigenvalue weighted by Crippen LogP contribution is 2.24. The molecule has 0 bridgehead atoms. The normalized spacial score (nSPS) is 15.2. The van der Waals surface area contributed by atoms with Gasteiger partial charge in [0.05, 0.1) is 18.0 Å². The summed E-state index contributed by atoms with van der Waals surface area (Å²) < 4.78 is 11.0. The predicted molar refractivity (Wildman–Crippen MR) is 69.4 cm³/mol. The third kappa shape index (κ3) is 3.17. The molecule has 5 heteroatoms. The summed E-state index contributed by atoms with van der Waals surface area (Å²) in [6.07, 6.45) is 4.26. The van der Waals surface area contributed by atoms with E-state index in [1.54, 1.807) is 18.0 Å². The minimum atomic E-state index is 0.696. The van der Waals surface area contributed by atoms with Gasteiger partial charge in [-0.25, -0.2) is 4.98 Å². The lowest BCUT2D eigenvalue weighted by molar-refractivity contribution is 0.447. The predicted octanol–water partition coefficient (Wildman–Crippen LogP) is 3.12. The molecule has 0 radical (unpaired) electrons. The van der Waals surface area contributed by atoms with Crippen molar-refractivity contribution in [3.8, 4) is 0 Å². The largest absolute Gasteiger partial charge is 0.464 e. The van der Waals surface area contributed by atoms with E-state index >= 15 is 0 Å². The molecule has 0 amide bonds. The fourth-order valence-corrected chi connectivity index (χ4v) is 2.40. The molecule has 2 heterocycles. The highest BCUT2D eigenvalue weighted by molar-refractivity contribution is 7.98. The molecule has 0 aromatic carbocycles. The van der Waals surface area contributed by atoms with E-state index in [4.69, 9.17) is 8.83 Å². The maximum Gasteiger partial charge on any atom is 0.256 e. The van der Waals surface area contributed by atoms with Gasteiger partial charge in [0.15, 0.2) is 0 Å². The molecule has 1 saturated carbocycles. The lowest BCUT2D eigenvalue weighted by Crippen LogP contribution is -2.14. The molecule has 1 aliphatic rings. The Labute approximate surface area is 110 Å². The molecule has 0 aliphatic heterocycles. The average molecular weight is 264 g/mol. The first-order chi connectivity index (χ1) is 8.79. The second kappa shape index (κ2) is 5.20. The van der Waals surface area contributed by atoms with Crippen molar-refractivity contribution in [2.24, 2.45) is 0 Å². The monoisotopic (exact) mass is 264 g/mol. The summed E-state index contributed by atoms with van der Waals surface area (Å²) in [5, 5.41) is 4.13. The maximum atomic E-state index is 5.74. The molecular weight excluding hydrogens is 248 g/mol. The van der Waals surface area contributed by atoms with Crippen molar-refractivity contribution in [1.82, 2.24) is 10.3 Å². The molecule has 3 rings (SSSR count). The molecule has 2 aromatic heterocycles. The molecular formula is C13H16N2O2S. The van der Waals surface area contributed by atoms with Crippen LogP contribution in [0.2, 0.25) is 0 Å². The van der Waals surface area contributed by atoms with E-state index in [2.05, 4.69) is 10.3 Å². The van der Waals surface area contributed by atoms with Crippen molar-refractivity contribution in [3.05, 3.63) is 35.6 Å². The van der Waals surface area contributed by atoms with Crippen LogP contribution >= 0.6 is 11.8 Å². The molecule has 0 saturated heterocycles. The van der Waals surface area contributed by atoms with Crippen LogP contribution in [0.5, 0.6) is 0 Å². The van der Waals surface area contributed by atoms with Crippen molar-refractivity contribution in [1.29, 1.82) is 0 Å². The van der Waals surface area contributed by atoms with Gasteiger partial charge in [0.2, 0.25) is 0 Å². The number of aryl methyl sites for hydroxylation is 1. The first-order valence-corrected chi connectivity index (χ1v) is 7.14. The minimum absolute atomic E-state index is 0.696. The number of aromatic nitrogens is 1. The molecule has 18 heavy (non-hydrogen) atoms. The summed E-state index contributed by atoms with van der Waals surface area (Å²) >= 11 is 1.55. The Morgan fingerprint density at radius 3 is 2.94 bits per heavy atom. The van der Waals surface area contributed by atoms with Gasteiger partial charge in [-0.2, -0.15) is 0 Å². The third-order valence-electron chi connectivity index (χ3n) is 2.80. The van der Waals surface area contributed by atoms with Crippen LogP contribution in [0.3, 0.4) is 0 Å². The zero-order valence-electron chi connectivity index (χ0n) is 10.3. The van der Waals surface area contributed by atoms with E-state index in [0.29, 0.717) is 11.3 Å². The van der Waals surface area contributed by atoms with Crippen molar-refractivity contribution in [3.63, 3.8) is 0 Å². The Morgan fingerprint density at radius 1 is 1.39 bits per heavy atom. The smallest absolute Gasteiger partial charge is 0.256 e. The first kappa shape index (κ1) is 11.9. The molecule has 2 aromatic rings. The van der Waals surface area contributed by atoms with Gasteiger partial charge in [-0.1, -0.05) is 11.8 Å². The van der Waals surface area contributed by atoms with E-state index in [1.165, 1.54) is 12.8 Å². The van der Waals surface area contributed by atoms with Gasteiger partial charge in [0.25, 0.3) is 5.22 Å². The Kier molecular flexibility index (Phi) is 3.43. The summed E-state index contributed by atoms with van der Waals surface area (Å²) in [5.74, 6) is 2.72. The highest BCUT2D eigenvalue weighted by atomic mass is 32.2. The molecule has 1 fully saturated rings. The molecule has 0 unspecified atom stereocenters. The van der Waals surface area contributed by atoms with Crippen molar-refractivity contribution in [2.45, 2.75) is 43.3 Å². The summed E-state index contributed by atoms with van der Waals surface area (Å²) in [6.45, 7) is 2.75. The number of nitrogens with zero attached hydrogens (tertiary/aromatic N) is 1. The van der Waals surface area contributed by atoms with Crippen LogP contribution in [0, 0.1) is 6.92 Å². The molecule has 96 valence electrons. The number of hydrogen-bond acceptors (Lipinski definition) is 5. The second-order valence-corrected chi connectivity index (χ2v) is 5.49. The number of oxazole rings is 1. The zero-order valence-corrected chi connectivity index (χ0v) is 11.1. The van der Waals surface area contributed by atoms with E-state index < -0.39 is 0 Å². The Hall–Kier alpha value is -1.20. The van der Waals surface area contributed by atoms with Gasteiger partial charge in [-0.15, -0.1) is 0 Å². The van der Waals surface area contributed by atoms with Crippen molar-refractivity contribution in [2.75, 3.05) is 0 Å². The lowest BCUT2D eigenvalue weighted by atomic mass is 10.4. The standard InChI is InChI=1S/C13H16N2O2S/c1-9-7-16-13(15-9)18-8-12-5-4-11(17-12)6-14-10-2-3-10/h4-5,7,10,14H,2-3,6,8H2,1H3. The van der Waals surface area contributed by atoms with Gasteiger partial charge in [0, 0.05) is 6.04 Å². The average Bonchev–Trinajstić information content (AvgIpc) is 2.93. The first-order valence-electron chi connectivity index (χ1n) is 6.15. The third-order valence-corrected chi connectivity index (χ3v) is 3.66. The number of hydrogen-bond donors (Lipinski definition) is 1. The molecule has 0 atom stereocenters. The van der Waals surface area contributed by atoms with E-state index in [0.717, 1.165) is 29.5 Å². The number of nitrogens with one attached hydrogen (secondary N) is 1. The second-order valence-electron chi connectivity index (χ2n) is 4.57. The van der Waals surface area contributed by atoms with E-state index in [9.17, 15) is 0 Å². The molecule has 1 N–H and O–H groups in total. The van der Waals surface area contributed by atoms with Crippen LogP contribution < -0.4 is 5.32 Å². The molecule has 1 aliphatic carbocycles. The quantitative estimate of drug-likeness (QED) is 0.812. The van der Waals surface area contributed by atoms with E-state index in [1.807, 2.05) is 19.1 Å². The fourth-order valence-electron chi connectivity index (χ4n) is 1.66. The number of thioether (sulfide) groups is 1. The molecule has 0 spiro atoms. The van der Waals surface area contributed by atoms with Crippen molar-refractivity contribution >= 4 is 11.8 Å². The van der Waals surface area contributed by atoms with Crippen LogP contribution in [0.25, 0.3) is 0 Å². The topological polar surface area (TPSA) is 51.2 Å². The van der Waals surface area contributed by atoms with E-state index in [-0.39, 0.29) is 0 Å². The SMILES string of the molecule is Cc1coc(SCc2ccc(CNC3CC3)o2)n1. The van der Waals surface area contributed by atoms with Gasteiger partial charge >= 0.3 is 0 Å². The van der Waals surface area contributed by atoms with Crippen LogP contribution in [0.15, 0.2) is 32.5 Å². The van der Waals surface area contributed by atoms with Gasteiger partial charge < -0.3 is 14.2 Å². The number of furan rings is 1. The molecule has 4 nitrogen and oxygen atoms in total. The lowest BCUT2D eigenvalue weighted by Gasteiger charge is -1.98. The summed E-state index contributed by atoms with van der Waals surface area (Å²) in [5.41, 5.74) is 0.909. The summed E-state index contributed by atoms with van der Waals surface area (Å²) in [7, 11) is 0. The highest BCUT2D eigenvalue weighted by Gasteiger charge is 2.20. The van der Waals surface area contributed by atoms with Crippen molar-refractivity contribution < 1.29 is 8.83 Å². The van der Waals surface area contributed by atoms with Gasteiger partial charge in [0.1, 0.15) is 17.8 Å². The zero-order chi connectivity index (χ0) is 12.4. The van der Waals surface area contributed by atoms with Crippen LogP contribution in [0.4, 0.5) is 0 Å².